The summed E-state index contributed by atoms with van der Waals surface area (Å²) in [7, 11) is 0. The minimum atomic E-state index is -0.371. The summed E-state index contributed by atoms with van der Waals surface area (Å²) in [6, 6.07) is 14.5. The van der Waals surface area contributed by atoms with Crippen LogP contribution in [0.15, 0.2) is 48.5 Å². The first-order valence-corrected chi connectivity index (χ1v) is 9.13. The zero-order valence-corrected chi connectivity index (χ0v) is 16.7. The third kappa shape index (κ3) is 5.32. The lowest BCUT2D eigenvalue weighted by Crippen LogP contribution is -2.41. The molecule has 2 aromatic carbocycles. The fourth-order valence-corrected chi connectivity index (χ4v) is 3.16. The van der Waals surface area contributed by atoms with Crippen LogP contribution in [0.2, 0.25) is 0 Å². The molecule has 0 aliphatic carbocycles. The van der Waals surface area contributed by atoms with Crippen molar-refractivity contribution in [3.8, 4) is 0 Å². The van der Waals surface area contributed by atoms with Gasteiger partial charge in [0.25, 0.3) is 5.91 Å². The Labute approximate surface area is 171 Å². The molecule has 150 valence electrons. The minimum Gasteiger partial charge on any atom is -0.378 e. The zero-order chi connectivity index (χ0) is 19.2. The maximum atomic E-state index is 12.8. The van der Waals surface area contributed by atoms with Crippen molar-refractivity contribution < 1.29 is 14.3 Å². The molecule has 3 rings (SSSR count). The molecule has 1 fully saturated rings. The van der Waals surface area contributed by atoms with E-state index in [1.165, 1.54) is 0 Å². The van der Waals surface area contributed by atoms with Crippen LogP contribution in [0.3, 0.4) is 0 Å². The highest BCUT2D eigenvalue weighted by atomic mass is 35.5. The third-order valence-electron chi connectivity index (χ3n) is 4.77. The lowest BCUT2D eigenvalue weighted by molar-refractivity contribution is -0.116. The van der Waals surface area contributed by atoms with Gasteiger partial charge in [-0.25, -0.2) is 0 Å². The number of carbonyl (C=O) groups is 2. The molecule has 28 heavy (non-hydrogen) atoms. The highest BCUT2D eigenvalue weighted by Crippen LogP contribution is 2.22. The Morgan fingerprint density at radius 1 is 1.11 bits per heavy atom. The maximum absolute atomic E-state index is 12.8. The van der Waals surface area contributed by atoms with Gasteiger partial charge >= 0.3 is 0 Å². The molecular weight excluding hydrogens is 378 g/mol. The van der Waals surface area contributed by atoms with Crippen molar-refractivity contribution in [3.05, 3.63) is 65.2 Å². The average molecular weight is 404 g/mol. The summed E-state index contributed by atoms with van der Waals surface area (Å²) < 4.78 is 5.30. The number of hydrogen-bond donors (Lipinski definition) is 2. The summed E-state index contributed by atoms with van der Waals surface area (Å²) >= 11 is 0. The van der Waals surface area contributed by atoms with Crippen molar-refractivity contribution >= 4 is 29.9 Å². The number of benzene rings is 2. The Balaban J connectivity index is 0.00000280. The Morgan fingerprint density at radius 2 is 1.79 bits per heavy atom. The van der Waals surface area contributed by atoms with Crippen molar-refractivity contribution in [3.63, 3.8) is 0 Å². The molecule has 1 saturated heterocycles. The highest BCUT2D eigenvalue weighted by Gasteiger charge is 2.21. The fraction of sp³-hybridized carbons (Fsp3) is 0.333. The zero-order valence-electron chi connectivity index (χ0n) is 15.9. The Hall–Kier alpha value is -2.41. The van der Waals surface area contributed by atoms with E-state index in [0.29, 0.717) is 37.6 Å². The number of halogens is 1. The summed E-state index contributed by atoms with van der Waals surface area (Å²) in [6.45, 7) is 4.12. The minimum absolute atomic E-state index is 0. The Kier molecular flexibility index (Phi) is 7.99. The summed E-state index contributed by atoms with van der Waals surface area (Å²) in [5.41, 5.74) is 9.04. The van der Waals surface area contributed by atoms with Gasteiger partial charge < -0.3 is 20.7 Å². The van der Waals surface area contributed by atoms with Crippen LogP contribution in [-0.4, -0.2) is 43.0 Å². The number of amides is 2. The topological polar surface area (TPSA) is 84.7 Å². The van der Waals surface area contributed by atoms with E-state index in [1.807, 2.05) is 37.3 Å². The molecule has 6 nitrogen and oxygen atoms in total. The number of hydrogen-bond acceptors (Lipinski definition) is 4. The number of carbonyl (C=O) groups excluding carboxylic acids is 2. The van der Waals surface area contributed by atoms with E-state index >= 15 is 0 Å². The van der Waals surface area contributed by atoms with Gasteiger partial charge in [0, 0.05) is 36.8 Å². The first-order chi connectivity index (χ1) is 13.1. The first-order valence-electron chi connectivity index (χ1n) is 9.13. The van der Waals surface area contributed by atoms with E-state index in [1.54, 1.807) is 23.1 Å². The second-order valence-corrected chi connectivity index (χ2v) is 6.65. The molecule has 0 radical (unpaired) electrons. The van der Waals surface area contributed by atoms with E-state index in [9.17, 15) is 9.59 Å². The van der Waals surface area contributed by atoms with Gasteiger partial charge in [-0.05, 0) is 30.2 Å². The highest BCUT2D eigenvalue weighted by molar-refractivity contribution is 5.99. The number of morpholine rings is 1. The van der Waals surface area contributed by atoms with Gasteiger partial charge in [0.05, 0.1) is 13.2 Å². The lowest BCUT2D eigenvalue weighted by Gasteiger charge is -2.27. The van der Waals surface area contributed by atoms with Crippen LogP contribution in [0.1, 0.15) is 33.9 Å². The summed E-state index contributed by atoms with van der Waals surface area (Å²) in [5.74, 6) is -0.210. The van der Waals surface area contributed by atoms with Gasteiger partial charge in [-0.1, -0.05) is 36.4 Å². The molecule has 1 aliphatic heterocycles. The molecule has 0 aromatic heterocycles. The summed E-state index contributed by atoms with van der Waals surface area (Å²) in [4.78, 5) is 27.0. The predicted octanol–water partition coefficient (Wildman–Crippen LogP) is 2.92. The second kappa shape index (κ2) is 10.2. The standard InChI is InChI=1S/C21H25N3O3.ClH/c1-15-17(21(26)24-10-12-27-13-11-24)8-5-9-19(15)23-20(25)14-18(22)16-6-3-2-4-7-16;/h2-9,18H,10-14,22H2,1H3,(H,23,25);1H. The van der Waals surface area contributed by atoms with Crippen molar-refractivity contribution in [2.45, 2.75) is 19.4 Å². The molecule has 0 saturated carbocycles. The normalized spacial score (nSPS) is 14.7. The van der Waals surface area contributed by atoms with Crippen LogP contribution < -0.4 is 11.1 Å². The molecule has 3 N–H and O–H groups in total. The fourth-order valence-electron chi connectivity index (χ4n) is 3.16. The number of ether oxygens (including phenoxy) is 1. The van der Waals surface area contributed by atoms with Gasteiger partial charge in [0.15, 0.2) is 0 Å². The predicted molar refractivity (Wildman–Crippen MR) is 112 cm³/mol. The number of nitrogens with two attached hydrogens (primary N) is 1. The van der Waals surface area contributed by atoms with E-state index < -0.39 is 0 Å². The van der Waals surface area contributed by atoms with Gasteiger partial charge in [-0.3, -0.25) is 9.59 Å². The van der Waals surface area contributed by atoms with Crippen LogP contribution in [0.5, 0.6) is 0 Å². The Morgan fingerprint density at radius 3 is 2.46 bits per heavy atom. The molecule has 1 aliphatic rings. The van der Waals surface area contributed by atoms with E-state index in [-0.39, 0.29) is 36.7 Å². The van der Waals surface area contributed by atoms with Gasteiger partial charge in [0.1, 0.15) is 0 Å². The first kappa shape index (κ1) is 21.9. The molecule has 1 unspecified atom stereocenters. The van der Waals surface area contributed by atoms with Crippen molar-refractivity contribution in [2.75, 3.05) is 31.6 Å². The largest absolute Gasteiger partial charge is 0.378 e. The number of rotatable bonds is 5. The van der Waals surface area contributed by atoms with E-state index in [0.717, 1.165) is 11.1 Å². The van der Waals surface area contributed by atoms with E-state index in [2.05, 4.69) is 5.32 Å². The van der Waals surface area contributed by atoms with Crippen LogP contribution in [0.4, 0.5) is 5.69 Å². The maximum Gasteiger partial charge on any atom is 0.254 e. The van der Waals surface area contributed by atoms with Gasteiger partial charge in [-0.2, -0.15) is 0 Å². The number of nitrogens with one attached hydrogen (secondary N) is 1. The summed E-state index contributed by atoms with van der Waals surface area (Å²) in [6.07, 6.45) is 0.172. The lowest BCUT2D eigenvalue weighted by atomic mass is 10.0. The van der Waals surface area contributed by atoms with Crippen molar-refractivity contribution in [2.24, 2.45) is 5.73 Å². The SMILES string of the molecule is Cc1c(NC(=O)CC(N)c2ccccc2)cccc1C(=O)N1CCOCC1.Cl. The van der Waals surface area contributed by atoms with Crippen LogP contribution in [-0.2, 0) is 9.53 Å². The molecule has 0 spiro atoms. The molecule has 2 amide bonds. The smallest absolute Gasteiger partial charge is 0.254 e. The van der Waals surface area contributed by atoms with Crippen LogP contribution >= 0.6 is 12.4 Å². The van der Waals surface area contributed by atoms with E-state index in [4.69, 9.17) is 10.5 Å². The number of anilines is 1. The molecule has 2 aromatic rings. The van der Waals surface area contributed by atoms with Crippen LogP contribution in [0.25, 0.3) is 0 Å². The van der Waals surface area contributed by atoms with Crippen LogP contribution in [0, 0.1) is 6.92 Å². The molecule has 0 bridgehead atoms. The number of nitrogens with zero attached hydrogens (tertiary/aromatic N) is 1. The van der Waals surface area contributed by atoms with Gasteiger partial charge in [-0.15, -0.1) is 12.4 Å². The average Bonchev–Trinajstić information content (AvgIpc) is 2.70. The molecule has 1 heterocycles. The van der Waals surface area contributed by atoms with Crippen molar-refractivity contribution in [1.82, 2.24) is 4.90 Å². The van der Waals surface area contributed by atoms with Crippen molar-refractivity contribution in [1.29, 1.82) is 0 Å². The van der Waals surface area contributed by atoms with Gasteiger partial charge in [0.2, 0.25) is 5.91 Å². The monoisotopic (exact) mass is 403 g/mol. The second-order valence-electron chi connectivity index (χ2n) is 6.65. The molecule has 7 heteroatoms. The Bertz CT molecular complexity index is 808. The molecular formula is C21H26ClN3O3. The molecule has 1 atom stereocenters. The quantitative estimate of drug-likeness (QED) is 0.803. The third-order valence-corrected chi connectivity index (χ3v) is 4.77. The summed E-state index contributed by atoms with van der Waals surface area (Å²) in [5, 5.41) is 2.89.